The molecule has 0 spiro atoms. The van der Waals surface area contributed by atoms with Gasteiger partial charge in [-0.1, -0.05) is 23.4 Å². The van der Waals surface area contributed by atoms with Gasteiger partial charge in [0.1, 0.15) is 0 Å². The highest BCUT2D eigenvalue weighted by Crippen LogP contribution is 2.43. The number of H-pyrrole nitrogens is 1. The van der Waals surface area contributed by atoms with Crippen LogP contribution in [0.4, 0.5) is 0 Å². The molecule has 1 fully saturated rings. The van der Waals surface area contributed by atoms with Crippen molar-refractivity contribution < 1.29 is 14.7 Å². The molecule has 0 aliphatic carbocycles. The average molecular weight is 341 g/mol. The number of hydrogen-bond acceptors (Lipinski definition) is 5. The van der Waals surface area contributed by atoms with Crippen LogP contribution in [0.2, 0.25) is 0 Å². The van der Waals surface area contributed by atoms with Crippen LogP contribution in [-0.4, -0.2) is 47.0 Å². The second-order valence-electron chi connectivity index (χ2n) is 6.94. The fourth-order valence-corrected chi connectivity index (χ4v) is 4.56. The number of carbonyl (C=O) groups is 1. The predicted molar refractivity (Wildman–Crippen MR) is 94.9 cm³/mol. The largest absolute Gasteiger partial charge is 0.464 e. The van der Waals surface area contributed by atoms with E-state index in [-0.39, 0.29) is 17.7 Å². The van der Waals surface area contributed by atoms with Crippen LogP contribution in [0.3, 0.4) is 0 Å². The summed E-state index contributed by atoms with van der Waals surface area (Å²) in [5.41, 5.74) is 3.93. The Morgan fingerprint density at radius 2 is 2.24 bits per heavy atom. The molecule has 2 atom stereocenters. The zero-order valence-corrected chi connectivity index (χ0v) is 14.4. The van der Waals surface area contributed by atoms with Gasteiger partial charge < -0.3 is 14.9 Å². The maximum Gasteiger partial charge on any atom is 0.355 e. The summed E-state index contributed by atoms with van der Waals surface area (Å²) in [5.74, 6) is -0.321. The van der Waals surface area contributed by atoms with Crippen LogP contribution in [0.5, 0.6) is 0 Å². The molecule has 2 aromatic rings. The molecule has 25 heavy (non-hydrogen) atoms. The summed E-state index contributed by atoms with van der Waals surface area (Å²) in [6.07, 6.45) is 3.57. The fourth-order valence-electron chi connectivity index (χ4n) is 4.56. The van der Waals surface area contributed by atoms with Crippen LogP contribution in [-0.2, 0) is 16.0 Å². The van der Waals surface area contributed by atoms with E-state index in [1.54, 1.807) is 0 Å². The first-order valence-corrected chi connectivity index (χ1v) is 8.85. The van der Waals surface area contributed by atoms with Gasteiger partial charge in [-0.15, -0.1) is 0 Å². The van der Waals surface area contributed by atoms with Gasteiger partial charge in [0.05, 0.1) is 13.2 Å². The number of hydrogen-bond donors (Lipinski definition) is 2. The Balaban J connectivity index is 1.71. The zero-order valence-electron chi connectivity index (χ0n) is 14.4. The van der Waals surface area contributed by atoms with Crippen molar-refractivity contribution in [1.29, 1.82) is 0 Å². The summed E-state index contributed by atoms with van der Waals surface area (Å²) in [6, 6.07) is 8.65. The van der Waals surface area contributed by atoms with E-state index in [1.807, 2.05) is 6.07 Å². The van der Waals surface area contributed by atoms with Gasteiger partial charge >= 0.3 is 5.97 Å². The maximum atomic E-state index is 11.8. The number of methoxy groups -OCH3 is 1. The standard InChI is InChI=1S/C19H23N3O3/c1-25-19(23)16(21-24)11-12-5-4-9-22-10-8-14-13-6-2-3-7-15(13)20-17(14)18(12)22/h2-3,6-7,12,18,20,24H,4-5,8-11H2,1H3/t12-,18?/m0/s1. The van der Waals surface area contributed by atoms with E-state index in [0.717, 1.165) is 32.4 Å². The molecule has 3 heterocycles. The summed E-state index contributed by atoms with van der Waals surface area (Å²) < 4.78 is 4.75. The minimum Gasteiger partial charge on any atom is -0.464 e. The van der Waals surface area contributed by atoms with Gasteiger partial charge in [-0.25, -0.2) is 4.79 Å². The lowest BCUT2D eigenvalue weighted by molar-refractivity contribution is -0.133. The van der Waals surface area contributed by atoms with Crippen LogP contribution in [0.15, 0.2) is 29.4 Å². The Kier molecular flexibility index (Phi) is 4.21. The first kappa shape index (κ1) is 16.1. The zero-order chi connectivity index (χ0) is 17.4. The highest BCUT2D eigenvalue weighted by molar-refractivity contribution is 6.36. The topological polar surface area (TPSA) is 77.9 Å². The molecule has 132 valence electrons. The van der Waals surface area contributed by atoms with E-state index < -0.39 is 5.97 Å². The van der Waals surface area contributed by atoms with Gasteiger partial charge in [0, 0.05) is 29.6 Å². The van der Waals surface area contributed by atoms with Crippen LogP contribution in [0.1, 0.15) is 36.6 Å². The van der Waals surface area contributed by atoms with Crippen molar-refractivity contribution in [1.82, 2.24) is 9.88 Å². The van der Waals surface area contributed by atoms with Gasteiger partial charge in [-0.05, 0) is 43.4 Å². The Morgan fingerprint density at radius 1 is 1.40 bits per heavy atom. The fraction of sp³-hybridized carbons (Fsp3) is 0.474. The third-order valence-electron chi connectivity index (χ3n) is 5.65. The summed E-state index contributed by atoms with van der Waals surface area (Å²) in [5, 5.41) is 13.7. The first-order valence-electron chi connectivity index (χ1n) is 8.85. The number of fused-ring (bicyclic) bond motifs is 5. The second kappa shape index (κ2) is 6.52. The van der Waals surface area contributed by atoms with Crippen molar-refractivity contribution >= 4 is 22.6 Å². The number of aromatic amines is 1. The molecule has 0 amide bonds. The predicted octanol–water partition coefficient (Wildman–Crippen LogP) is 2.87. The SMILES string of the molecule is COC(=O)C(C[C@@H]1CCCN2CCc3c([nH]c4ccccc34)C12)=NO. The lowest BCUT2D eigenvalue weighted by Gasteiger charge is -2.44. The summed E-state index contributed by atoms with van der Waals surface area (Å²) >= 11 is 0. The van der Waals surface area contributed by atoms with Crippen LogP contribution in [0, 0.1) is 5.92 Å². The van der Waals surface area contributed by atoms with Crippen LogP contribution in [0.25, 0.3) is 10.9 Å². The van der Waals surface area contributed by atoms with E-state index in [9.17, 15) is 10.0 Å². The van der Waals surface area contributed by atoms with E-state index in [4.69, 9.17) is 4.74 Å². The minimum absolute atomic E-state index is 0.109. The highest BCUT2D eigenvalue weighted by Gasteiger charge is 2.39. The Bertz CT molecular complexity index is 826. The molecular formula is C19H23N3O3. The van der Waals surface area contributed by atoms with Crippen molar-refractivity contribution in [2.45, 2.75) is 31.7 Å². The first-order chi connectivity index (χ1) is 12.2. The molecule has 6 nitrogen and oxygen atoms in total. The molecule has 6 heteroatoms. The third-order valence-corrected chi connectivity index (χ3v) is 5.65. The molecule has 2 aliphatic rings. The number of aromatic nitrogens is 1. The number of nitrogens with one attached hydrogen (secondary N) is 1. The highest BCUT2D eigenvalue weighted by atomic mass is 16.5. The number of rotatable bonds is 3. The van der Waals surface area contributed by atoms with Gasteiger partial charge in [0.2, 0.25) is 0 Å². The number of nitrogens with zero attached hydrogens (tertiary/aromatic N) is 2. The van der Waals surface area contributed by atoms with Crippen LogP contribution < -0.4 is 0 Å². The molecule has 1 aromatic carbocycles. The van der Waals surface area contributed by atoms with E-state index >= 15 is 0 Å². The number of piperidine rings is 1. The minimum atomic E-state index is -0.549. The third kappa shape index (κ3) is 2.70. The number of benzene rings is 1. The summed E-state index contributed by atoms with van der Waals surface area (Å²) in [6.45, 7) is 2.10. The molecule has 1 unspecified atom stereocenters. The van der Waals surface area contributed by atoms with Crippen molar-refractivity contribution in [2.75, 3.05) is 20.2 Å². The molecule has 0 bridgehead atoms. The number of carbonyl (C=O) groups excluding carboxylic acids is 1. The molecule has 4 rings (SSSR count). The lowest BCUT2D eigenvalue weighted by atomic mass is 9.80. The number of ether oxygens (including phenoxy) is 1. The average Bonchev–Trinajstić information content (AvgIpc) is 3.04. The second-order valence-corrected chi connectivity index (χ2v) is 6.94. The maximum absolute atomic E-state index is 11.8. The van der Waals surface area contributed by atoms with Crippen molar-refractivity contribution in [3.05, 3.63) is 35.5 Å². The van der Waals surface area contributed by atoms with Gasteiger partial charge in [0.15, 0.2) is 5.71 Å². The number of para-hydroxylation sites is 1. The summed E-state index contributed by atoms with van der Waals surface area (Å²) in [4.78, 5) is 17.9. The van der Waals surface area contributed by atoms with E-state index in [1.165, 1.54) is 29.3 Å². The monoisotopic (exact) mass is 341 g/mol. The van der Waals surface area contributed by atoms with Gasteiger partial charge in [0.25, 0.3) is 0 Å². The van der Waals surface area contributed by atoms with Crippen LogP contribution >= 0.6 is 0 Å². The lowest BCUT2D eigenvalue weighted by Crippen LogP contribution is -2.44. The van der Waals surface area contributed by atoms with E-state index in [0.29, 0.717) is 6.42 Å². The van der Waals surface area contributed by atoms with Crippen molar-refractivity contribution in [3.63, 3.8) is 0 Å². The van der Waals surface area contributed by atoms with Crippen molar-refractivity contribution in [2.24, 2.45) is 11.1 Å². The molecule has 2 N–H and O–H groups in total. The number of esters is 1. The number of oxime groups is 1. The van der Waals surface area contributed by atoms with Gasteiger partial charge in [-0.3, -0.25) is 4.90 Å². The quantitative estimate of drug-likeness (QED) is 0.389. The molecular weight excluding hydrogens is 318 g/mol. The summed E-state index contributed by atoms with van der Waals surface area (Å²) in [7, 11) is 1.32. The molecule has 1 saturated heterocycles. The molecule has 1 aromatic heterocycles. The Morgan fingerprint density at radius 3 is 3.04 bits per heavy atom. The van der Waals surface area contributed by atoms with E-state index in [2.05, 4.69) is 33.2 Å². The normalized spacial score (nSPS) is 24.0. The smallest absolute Gasteiger partial charge is 0.355 e. The Labute approximate surface area is 146 Å². The molecule has 0 saturated carbocycles. The molecule has 2 aliphatic heterocycles. The van der Waals surface area contributed by atoms with Gasteiger partial charge in [-0.2, -0.15) is 0 Å². The Hall–Kier alpha value is -2.34. The molecule has 0 radical (unpaired) electrons. The van der Waals surface area contributed by atoms with Crippen molar-refractivity contribution in [3.8, 4) is 0 Å².